The summed E-state index contributed by atoms with van der Waals surface area (Å²) in [5, 5.41) is 13.3. The van der Waals surface area contributed by atoms with Gasteiger partial charge in [0.05, 0.1) is 31.1 Å². The summed E-state index contributed by atoms with van der Waals surface area (Å²) in [6.45, 7) is 7.10. The normalized spacial score (nSPS) is 26.7. The fraction of sp³-hybridized carbons (Fsp3) is 0.412. The molecule has 0 radical (unpaired) electrons. The standard InChI is InChI=1S/C34H37BrClN3O7/c1-3-5-11-26(41)37-20-25(21-9-7-6-8-10-21)45-33(44)27-28-31(42)39(17-18-40)30(34(28)19-24(35)29(27)46-34)32(43)38(16-4-2)23-14-12-22(36)13-15-23/h3-4,6-10,12-15,24-25,27-30,40H,1-2,5,11,16-20H2,(H,37,41)/t24?,25-,27+,28-,29+,30+,34-/m1/s1. The average molecular weight is 715 g/mol. The number of nitrogens with zero attached hydrogens (tertiary/aromatic N) is 2. The van der Waals surface area contributed by atoms with Crippen molar-refractivity contribution < 1.29 is 33.8 Å². The summed E-state index contributed by atoms with van der Waals surface area (Å²) in [5.74, 6) is -3.81. The lowest BCUT2D eigenvalue weighted by molar-refractivity contribution is -0.160. The number of rotatable bonds is 14. The molecule has 46 heavy (non-hydrogen) atoms. The van der Waals surface area contributed by atoms with Crippen molar-refractivity contribution in [1.82, 2.24) is 10.2 Å². The van der Waals surface area contributed by atoms with E-state index in [0.29, 0.717) is 29.1 Å². The average Bonchev–Trinajstić information content (AvgIpc) is 3.64. The molecule has 0 aliphatic carbocycles. The minimum Gasteiger partial charge on any atom is -0.455 e. The summed E-state index contributed by atoms with van der Waals surface area (Å²) in [6.07, 6.45) is 2.70. The number of allylic oxidation sites excluding steroid dienone is 1. The maximum atomic E-state index is 14.5. The molecule has 1 spiro atoms. The van der Waals surface area contributed by atoms with Gasteiger partial charge in [0.1, 0.15) is 17.7 Å². The maximum Gasteiger partial charge on any atom is 0.313 e. The molecule has 12 heteroatoms. The number of β-amino-alcohol motifs (C(OH)–C–C–N with tert-alkyl or cyclic N) is 1. The van der Waals surface area contributed by atoms with Crippen LogP contribution in [0.15, 0.2) is 79.9 Å². The molecule has 3 aliphatic rings. The molecule has 2 aromatic rings. The summed E-state index contributed by atoms with van der Waals surface area (Å²) < 4.78 is 12.6. The van der Waals surface area contributed by atoms with Crippen LogP contribution in [0.4, 0.5) is 5.69 Å². The lowest BCUT2D eigenvalue weighted by Gasteiger charge is -2.37. The number of aliphatic hydroxyl groups excluding tert-OH is 1. The van der Waals surface area contributed by atoms with Crippen molar-refractivity contribution in [2.24, 2.45) is 11.8 Å². The largest absolute Gasteiger partial charge is 0.455 e. The minimum absolute atomic E-state index is 0.0286. The van der Waals surface area contributed by atoms with E-state index in [4.69, 9.17) is 21.1 Å². The van der Waals surface area contributed by atoms with E-state index in [1.165, 1.54) is 9.80 Å². The second-order valence-electron chi connectivity index (χ2n) is 11.6. The zero-order valence-corrected chi connectivity index (χ0v) is 27.6. The Labute approximate surface area is 281 Å². The van der Waals surface area contributed by atoms with Crippen molar-refractivity contribution in [1.29, 1.82) is 0 Å². The monoisotopic (exact) mass is 713 g/mol. The van der Waals surface area contributed by atoms with Crippen molar-refractivity contribution in [3.8, 4) is 0 Å². The molecule has 244 valence electrons. The quantitative estimate of drug-likeness (QED) is 0.173. The second kappa shape index (κ2) is 14.5. The van der Waals surface area contributed by atoms with Crippen molar-refractivity contribution in [2.45, 2.75) is 47.9 Å². The van der Waals surface area contributed by atoms with Crippen LogP contribution in [0.3, 0.4) is 0 Å². The van der Waals surface area contributed by atoms with E-state index in [-0.39, 0.29) is 36.8 Å². The molecule has 2 bridgehead atoms. The van der Waals surface area contributed by atoms with Gasteiger partial charge in [0, 0.05) is 35.0 Å². The number of carbonyl (C=O) groups is 4. The third-order valence-electron chi connectivity index (χ3n) is 8.84. The number of fused-ring (bicyclic) bond motifs is 1. The fourth-order valence-electron chi connectivity index (χ4n) is 6.89. The summed E-state index contributed by atoms with van der Waals surface area (Å²) >= 11 is 9.77. The van der Waals surface area contributed by atoms with Crippen molar-refractivity contribution in [3.05, 3.63) is 90.5 Å². The van der Waals surface area contributed by atoms with Gasteiger partial charge in [-0.05, 0) is 42.7 Å². The van der Waals surface area contributed by atoms with Gasteiger partial charge < -0.3 is 29.7 Å². The van der Waals surface area contributed by atoms with Crippen LogP contribution in [0.5, 0.6) is 0 Å². The van der Waals surface area contributed by atoms with Crippen LogP contribution in [0.2, 0.25) is 5.02 Å². The topological polar surface area (TPSA) is 125 Å². The van der Waals surface area contributed by atoms with Gasteiger partial charge in [-0.1, -0.05) is 70.0 Å². The van der Waals surface area contributed by atoms with Crippen molar-refractivity contribution in [2.75, 3.05) is 31.1 Å². The fourth-order valence-corrected chi connectivity index (χ4v) is 7.96. The first-order chi connectivity index (χ1) is 22.2. The van der Waals surface area contributed by atoms with E-state index < -0.39 is 60.1 Å². The van der Waals surface area contributed by atoms with Crippen LogP contribution in [-0.2, 0) is 28.7 Å². The Morgan fingerprint density at radius 2 is 1.89 bits per heavy atom. The van der Waals surface area contributed by atoms with Gasteiger partial charge in [0.25, 0.3) is 5.91 Å². The van der Waals surface area contributed by atoms with E-state index in [1.807, 2.05) is 6.07 Å². The van der Waals surface area contributed by atoms with Crippen LogP contribution in [0, 0.1) is 11.8 Å². The Balaban J connectivity index is 1.46. The van der Waals surface area contributed by atoms with Crippen molar-refractivity contribution >= 4 is 56.9 Å². The number of anilines is 1. The van der Waals surface area contributed by atoms with E-state index in [9.17, 15) is 24.3 Å². The molecular weight excluding hydrogens is 678 g/mol. The van der Waals surface area contributed by atoms with Crippen LogP contribution in [-0.4, -0.2) is 82.5 Å². The molecule has 0 saturated carbocycles. The number of aliphatic hydroxyl groups is 1. The number of alkyl halides is 1. The second-order valence-corrected chi connectivity index (χ2v) is 13.2. The predicted octanol–water partition coefficient (Wildman–Crippen LogP) is 3.97. The zero-order valence-electron chi connectivity index (χ0n) is 25.2. The number of hydrogen-bond acceptors (Lipinski definition) is 7. The number of ether oxygens (including phenoxy) is 2. The maximum absolute atomic E-state index is 14.5. The first-order valence-electron chi connectivity index (χ1n) is 15.2. The van der Waals surface area contributed by atoms with Gasteiger partial charge in [-0.25, -0.2) is 0 Å². The van der Waals surface area contributed by atoms with Crippen molar-refractivity contribution in [3.63, 3.8) is 0 Å². The highest BCUT2D eigenvalue weighted by Gasteiger charge is 2.77. The highest BCUT2D eigenvalue weighted by atomic mass is 79.9. The molecule has 5 rings (SSSR count). The molecule has 0 aromatic heterocycles. The minimum atomic E-state index is -1.35. The van der Waals surface area contributed by atoms with Crippen LogP contribution >= 0.6 is 27.5 Å². The summed E-state index contributed by atoms with van der Waals surface area (Å²) in [7, 11) is 0. The molecule has 2 N–H and O–H groups in total. The Kier molecular flexibility index (Phi) is 10.7. The number of halogens is 2. The number of carbonyl (C=O) groups excluding carboxylic acids is 4. The number of likely N-dealkylation sites (tertiary alicyclic amines) is 1. The van der Waals surface area contributed by atoms with Crippen LogP contribution in [0.1, 0.15) is 30.9 Å². The molecule has 3 fully saturated rings. The molecule has 2 aromatic carbocycles. The lowest BCUT2D eigenvalue weighted by atomic mass is 9.70. The molecule has 3 amide bonds. The smallest absolute Gasteiger partial charge is 0.313 e. The first-order valence-corrected chi connectivity index (χ1v) is 16.5. The van der Waals surface area contributed by atoms with Crippen LogP contribution in [0.25, 0.3) is 0 Å². The molecule has 10 nitrogen and oxygen atoms in total. The number of hydrogen-bond donors (Lipinski definition) is 2. The van der Waals surface area contributed by atoms with Gasteiger partial charge in [-0.2, -0.15) is 0 Å². The van der Waals surface area contributed by atoms with E-state index >= 15 is 0 Å². The van der Waals surface area contributed by atoms with Gasteiger partial charge in [0.2, 0.25) is 11.8 Å². The summed E-state index contributed by atoms with van der Waals surface area (Å²) in [6, 6.07) is 14.6. The number of benzene rings is 2. The van der Waals surface area contributed by atoms with Gasteiger partial charge in [0.15, 0.2) is 0 Å². The molecule has 7 atom stereocenters. The Hall–Kier alpha value is -3.51. The van der Waals surface area contributed by atoms with Crippen LogP contribution < -0.4 is 10.2 Å². The number of esters is 1. The van der Waals surface area contributed by atoms with Gasteiger partial charge >= 0.3 is 5.97 Å². The Bertz CT molecular complexity index is 1470. The predicted molar refractivity (Wildman–Crippen MR) is 176 cm³/mol. The number of amides is 3. The summed E-state index contributed by atoms with van der Waals surface area (Å²) in [4.78, 5) is 57.6. The highest BCUT2D eigenvalue weighted by molar-refractivity contribution is 9.09. The lowest BCUT2D eigenvalue weighted by Crippen LogP contribution is -2.57. The Morgan fingerprint density at radius 1 is 1.17 bits per heavy atom. The third-order valence-corrected chi connectivity index (χ3v) is 9.94. The molecule has 3 saturated heterocycles. The van der Waals surface area contributed by atoms with Gasteiger partial charge in [-0.3, -0.25) is 19.2 Å². The third kappa shape index (κ3) is 6.38. The molecule has 1 unspecified atom stereocenters. The van der Waals surface area contributed by atoms with E-state index in [1.54, 1.807) is 60.7 Å². The number of nitrogens with one attached hydrogen (secondary N) is 1. The van der Waals surface area contributed by atoms with Gasteiger partial charge in [-0.15, -0.1) is 13.2 Å². The molecular formula is C34H37BrClN3O7. The molecule has 3 aliphatic heterocycles. The zero-order chi connectivity index (χ0) is 33.0. The highest BCUT2D eigenvalue weighted by Crippen LogP contribution is 2.60. The van der Waals surface area contributed by atoms with E-state index in [2.05, 4.69) is 34.4 Å². The first kappa shape index (κ1) is 33.8. The summed E-state index contributed by atoms with van der Waals surface area (Å²) in [5.41, 5.74) is -0.131. The van der Waals surface area contributed by atoms with E-state index in [0.717, 1.165) is 0 Å². The molecule has 3 heterocycles. The Morgan fingerprint density at radius 3 is 2.54 bits per heavy atom. The SMILES string of the molecule is C=CCCC(=O)NC[C@@H](OC(=O)[C@@H]1[C@H]2O[C@@]3(CC2Br)[C@H](C(=O)N(CC=C)c2ccc(Cl)cc2)N(CCO)C(=O)[C@@H]13)c1ccccc1.